The van der Waals surface area contributed by atoms with E-state index in [1.165, 1.54) is 18.0 Å². The van der Waals surface area contributed by atoms with E-state index >= 15 is 0 Å². The molecular weight excluding hydrogens is 247 g/mol. The zero-order valence-electron chi connectivity index (χ0n) is 5.24. The second kappa shape index (κ2) is 3.00. The number of halogens is 1. The molecule has 0 unspecified atom stereocenters. The quantitative estimate of drug-likeness (QED) is 0.682. The fourth-order valence-corrected chi connectivity index (χ4v) is 0.857. The third-order valence-corrected chi connectivity index (χ3v) is 1.54. The van der Waals surface area contributed by atoms with Crippen LogP contribution in [0.5, 0.6) is 0 Å². The SMILES string of the molecule is CC(=O)On1cncc1I. The molecule has 0 N–H and O–H groups in total. The van der Waals surface area contributed by atoms with Crippen molar-refractivity contribution in [3.8, 4) is 0 Å². The zero-order valence-corrected chi connectivity index (χ0v) is 7.40. The van der Waals surface area contributed by atoms with Gasteiger partial charge in [0.2, 0.25) is 0 Å². The highest BCUT2D eigenvalue weighted by Gasteiger charge is 1.99. The molecule has 0 amide bonds. The standard InChI is InChI=1S/C5H5IN2O2/c1-4(9)10-8-3-7-2-5(8)6/h2-3H,1H3. The Morgan fingerprint density at radius 3 is 3.00 bits per heavy atom. The van der Waals surface area contributed by atoms with E-state index in [9.17, 15) is 4.79 Å². The lowest BCUT2D eigenvalue weighted by Crippen LogP contribution is -2.16. The Hall–Kier alpha value is -0.590. The lowest BCUT2D eigenvalue weighted by atomic mass is 10.8. The maximum Gasteiger partial charge on any atom is 0.329 e. The summed E-state index contributed by atoms with van der Waals surface area (Å²) in [6.07, 6.45) is 3.03. The van der Waals surface area contributed by atoms with Gasteiger partial charge in [0.1, 0.15) is 10.0 Å². The number of hydrogen-bond donors (Lipinski definition) is 0. The first-order valence-electron chi connectivity index (χ1n) is 2.57. The fraction of sp³-hybridized carbons (Fsp3) is 0.200. The van der Waals surface area contributed by atoms with Crippen molar-refractivity contribution < 1.29 is 9.63 Å². The first-order valence-corrected chi connectivity index (χ1v) is 3.65. The van der Waals surface area contributed by atoms with Gasteiger partial charge in [-0.15, -0.1) is 0 Å². The average molecular weight is 252 g/mol. The van der Waals surface area contributed by atoms with E-state index in [1.54, 1.807) is 6.20 Å². The molecule has 1 aromatic rings. The van der Waals surface area contributed by atoms with E-state index in [4.69, 9.17) is 4.84 Å². The van der Waals surface area contributed by atoms with Gasteiger partial charge in [0, 0.05) is 6.92 Å². The molecule has 0 saturated carbocycles. The minimum atomic E-state index is -0.351. The number of aromatic nitrogens is 2. The predicted octanol–water partition coefficient (Wildman–Crippen LogP) is 0.463. The van der Waals surface area contributed by atoms with Gasteiger partial charge in [-0.3, -0.25) is 0 Å². The van der Waals surface area contributed by atoms with Crippen molar-refractivity contribution in [1.82, 2.24) is 9.71 Å². The van der Waals surface area contributed by atoms with E-state index in [0.717, 1.165) is 3.70 Å². The van der Waals surface area contributed by atoms with Crippen LogP contribution in [0.15, 0.2) is 12.5 Å². The molecule has 54 valence electrons. The predicted molar refractivity (Wildman–Crippen MR) is 42.2 cm³/mol. The summed E-state index contributed by atoms with van der Waals surface area (Å²) >= 11 is 2.01. The summed E-state index contributed by atoms with van der Waals surface area (Å²) in [7, 11) is 0. The van der Waals surface area contributed by atoms with Crippen molar-refractivity contribution in [1.29, 1.82) is 0 Å². The molecule has 0 fully saturated rings. The number of nitrogens with zero attached hydrogens (tertiary/aromatic N) is 2. The van der Waals surface area contributed by atoms with Crippen LogP contribution < -0.4 is 4.84 Å². The molecule has 4 nitrogen and oxygen atoms in total. The zero-order chi connectivity index (χ0) is 7.56. The number of carbonyl (C=O) groups is 1. The number of rotatable bonds is 1. The van der Waals surface area contributed by atoms with Gasteiger partial charge in [-0.1, -0.05) is 0 Å². The molecule has 0 spiro atoms. The van der Waals surface area contributed by atoms with E-state index in [1.807, 2.05) is 22.6 Å². The van der Waals surface area contributed by atoms with E-state index in [0.29, 0.717) is 0 Å². The normalized spacial score (nSPS) is 9.40. The van der Waals surface area contributed by atoms with Crippen LogP contribution in [-0.4, -0.2) is 15.7 Å². The van der Waals surface area contributed by atoms with Crippen LogP contribution in [0.25, 0.3) is 0 Å². The van der Waals surface area contributed by atoms with Gasteiger partial charge in [0.05, 0.1) is 6.20 Å². The van der Waals surface area contributed by atoms with Crippen LogP contribution in [0.2, 0.25) is 0 Å². The Kier molecular flexibility index (Phi) is 2.25. The molecule has 0 aliphatic heterocycles. The van der Waals surface area contributed by atoms with Crippen molar-refractivity contribution in [2.75, 3.05) is 0 Å². The van der Waals surface area contributed by atoms with Crippen LogP contribution in [0.1, 0.15) is 6.92 Å². The minimum absolute atomic E-state index is 0.351. The third kappa shape index (κ3) is 1.69. The number of hydrogen-bond acceptors (Lipinski definition) is 3. The molecule has 5 heteroatoms. The molecule has 0 saturated heterocycles. The molecule has 10 heavy (non-hydrogen) atoms. The Morgan fingerprint density at radius 2 is 2.60 bits per heavy atom. The van der Waals surface area contributed by atoms with Crippen LogP contribution in [0.3, 0.4) is 0 Å². The Balaban J connectivity index is 2.74. The third-order valence-electron chi connectivity index (χ3n) is 0.790. The summed E-state index contributed by atoms with van der Waals surface area (Å²) in [4.78, 5) is 18.8. The second-order valence-corrected chi connectivity index (χ2v) is 2.73. The van der Waals surface area contributed by atoms with Crippen molar-refractivity contribution >= 4 is 28.6 Å². The summed E-state index contributed by atoms with van der Waals surface area (Å²) in [5.41, 5.74) is 0. The maximum atomic E-state index is 10.4. The lowest BCUT2D eigenvalue weighted by molar-refractivity contribution is -0.141. The number of imidazole rings is 1. The molecule has 1 heterocycles. The van der Waals surface area contributed by atoms with Gasteiger partial charge in [-0.2, -0.15) is 4.73 Å². The van der Waals surface area contributed by atoms with E-state index in [-0.39, 0.29) is 5.97 Å². The smallest absolute Gasteiger partial charge is 0.329 e. The lowest BCUT2D eigenvalue weighted by Gasteiger charge is -1.99. The Morgan fingerprint density at radius 1 is 1.90 bits per heavy atom. The van der Waals surface area contributed by atoms with Crippen molar-refractivity contribution in [2.24, 2.45) is 0 Å². The highest BCUT2D eigenvalue weighted by atomic mass is 127. The van der Waals surface area contributed by atoms with Crippen LogP contribution in [0, 0.1) is 3.70 Å². The molecule has 0 atom stereocenters. The van der Waals surface area contributed by atoms with Gasteiger partial charge < -0.3 is 4.84 Å². The Bertz CT molecular complexity index is 246. The largest absolute Gasteiger partial charge is 0.335 e. The fourth-order valence-electron chi connectivity index (χ4n) is 0.473. The summed E-state index contributed by atoms with van der Waals surface area (Å²) in [6, 6.07) is 0. The van der Waals surface area contributed by atoms with Gasteiger partial charge in [-0.05, 0) is 22.6 Å². The molecule has 0 aliphatic rings. The Labute approximate surface area is 71.3 Å². The molecule has 1 aromatic heterocycles. The van der Waals surface area contributed by atoms with Crippen LogP contribution in [0.4, 0.5) is 0 Å². The summed E-state index contributed by atoms with van der Waals surface area (Å²) in [6.45, 7) is 1.34. The average Bonchev–Trinajstić information content (AvgIpc) is 2.15. The summed E-state index contributed by atoms with van der Waals surface area (Å²) in [5.74, 6) is -0.351. The molecule has 1 rings (SSSR count). The van der Waals surface area contributed by atoms with E-state index in [2.05, 4.69) is 4.98 Å². The molecule has 0 aromatic carbocycles. The second-order valence-electron chi connectivity index (χ2n) is 1.63. The first kappa shape index (κ1) is 7.52. The van der Waals surface area contributed by atoms with Crippen molar-refractivity contribution in [3.05, 3.63) is 16.2 Å². The summed E-state index contributed by atoms with van der Waals surface area (Å²) < 4.78 is 2.08. The first-order chi connectivity index (χ1) is 4.70. The maximum absolute atomic E-state index is 10.4. The highest BCUT2D eigenvalue weighted by molar-refractivity contribution is 14.1. The minimum Gasteiger partial charge on any atom is -0.335 e. The molecule has 0 radical (unpaired) electrons. The van der Waals surface area contributed by atoms with Gasteiger partial charge in [0.15, 0.2) is 0 Å². The van der Waals surface area contributed by atoms with Crippen LogP contribution in [-0.2, 0) is 4.79 Å². The van der Waals surface area contributed by atoms with Gasteiger partial charge in [0.25, 0.3) is 0 Å². The topological polar surface area (TPSA) is 44.1 Å². The van der Waals surface area contributed by atoms with E-state index < -0.39 is 0 Å². The van der Waals surface area contributed by atoms with Crippen molar-refractivity contribution in [3.63, 3.8) is 0 Å². The highest BCUT2D eigenvalue weighted by Crippen LogP contribution is 1.99. The summed E-state index contributed by atoms with van der Waals surface area (Å²) in [5, 5.41) is 0. The van der Waals surface area contributed by atoms with Crippen molar-refractivity contribution in [2.45, 2.75) is 6.92 Å². The molecular formula is C5H5IN2O2. The molecule has 0 aliphatic carbocycles. The van der Waals surface area contributed by atoms with Gasteiger partial charge >= 0.3 is 5.97 Å². The number of carbonyl (C=O) groups excluding carboxylic acids is 1. The molecule has 0 bridgehead atoms. The monoisotopic (exact) mass is 252 g/mol. The van der Waals surface area contributed by atoms with Crippen LogP contribution >= 0.6 is 22.6 Å². The van der Waals surface area contributed by atoms with Gasteiger partial charge in [-0.25, -0.2) is 9.78 Å².